The Kier molecular flexibility index (Phi) is 7.80. The molecule has 0 aliphatic rings. The van der Waals surface area contributed by atoms with Crippen LogP contribution in [0.1, 0.15) is 0 Å². The van der Waals surface area contributed by atoms with Gasteiger partial charge >= 0.3 is 0 Å². The van der Waals surface area contributed by atoms with Crippen LogP contribution in [0.4, 0.5) is 0 Å². The number of para-hydroxylation sites is 3. The monoisotopic (exact) mass is 806 g/mol. The lowest BCUT2D eigenvalue weighted by molar-refractivity contribution is 0.666. The van der Waals surface area contributed by atoms with Crippen molar-refractivity contribution in [2.45, 2.75) is 0 Å². The fraction of sp³-hybridized carbons (Fsp3) is 0. The molecule has 0 saturated carbocycles. The predicted molar refractivity (Wildman–Crippen MR) is 256 cm³/mol. The first-order valence-corrected chi connectivity index (χ1v) is 21.1. The number of rotatable bonds is 6. The Balaban J connectivity index is 1.06. The van der Waals surface area contributed by atoms with E-state index in [9.17, 15) is 0 Å². The highest BCUT2D eigenvalue weighted by molar-refractivity contribution is 6.17. The zero-order valence-electron chi connectivity index (χ0n) is 33.7. The van der Waals surface area contributed by atoms with E-state index in [1.165, 1.54) is 5.39 Å². The first kappa shape index (κ1) is 35.2. The molecule has 9 aromatic carbocycles. The molecule has 0 unspecified atom stereocenters. The highest BCUT2D eigenvalue weighted by atomic mass is 16.3. The van der Waals surface area contributed by atoms with Crippen molar-refractivity contribution in [1.82, 2.24) is 19.5 Å². The second-order valence-electron chi connectivity index (χ2n) is 16.0. The molecule has 0 aliphatic heterocycles. The highest BCUT2D eigenvalue weighted by Gasteiger charge is 2.23. The Labute approximate surface area is 361 Å². The topological polar surface area (TPSA) is 69.9 Å². The van der Waals surface area contributed by atoms with Gasteiger partial charge in [0.05, 0.1) is 16.7 Å². The molecule has 0 atom stereocenters. The zero-order valence-corrected chi connectivity index (χ0v) is 33.7. The van der Waals surface area contributed by atoms with E-state index in [1.54, 1.807) is 0 Å². The van der Waals surface area contributed by atoms with Crippen molar-refractivity contribution < 1.29 is 8.83 Å². The SMILES string of the molecule is c1ccc(-c2cc(-c3nc(-c4ccccc4)nc(-c4ccccc4)n3)c3c(c2)oc2c(-n4c5ccccc5c5ccc(-c6ccc7c(c6)oc6ccccc67)cc54)cccc23)cc1. The Bertz CT molecular complexity index is 3850. The van der Waals surface area contributed by atoms with Crippen LogP contribution >= 0.6 is 0 Å². The summed E-state index contributed by atoms with van der Waals surface area (Å²) in [6.45, 7) is 0. The average Bonchev–Trinajstić information content (AvgIpc) is 4.03. The van der Waals surface area contributed by atoms with Gasteiger partial charge in [0, 0.05) is 49.0 Å². The van der Waals surface area contributed by atoms with Crippen LogP contribution in [0.3, 0.4) is 0 Å². The third-order valence-electron chi connectivity index (χ3n) is 12.3. The molecule has 0 amide bonds. The van der Waals surface area contributed by atoms with E-state index in [0.29, 0.717) is 17.5 Å². The second-order valence-corrected chi connectivity index (χ2v) is 16.0. The summed E-state index contributed by atoms with van der Waals surface area (Å²) >= 11 is 0. The molecule has 294 valence electrons. The van der Waals surface area contributed by atoms with Crippen LogP contribution in [0.5, 0.6) is 0 Å². The maximum absolute atomic E-state index is 7.15. The van der Waals surface area contributed by atoms with Gasteiger partial charge in [0.25, 0.3) is 0 Å². The third-order valence-corrected chi connectivity index (χ3v) is 12.3. The van der Waals surface area contributed by atoms with Crippen molar-refractivity contribution in [3.8, 4) is 62.1 Å². The number of hydrogen-bond donors (Lipinski definition) is 0. The summed E-state index contributed by atoms with van der Waals surface area (Å²) in [6, 6.07) is 71.5. The van der Waals surface area contributed by atoms with Gasteiger partial charge in [-0.15, -0.1) is 0 Å². The first-order chi connectivity index (χ1) is 31.2. The maximum Gasteiger partial charge on any atom is 0.164 e. The molecular formula is C57H34N4O2. The van der Waals surface area contributed by atoms with E-state index in [2.05, 4.69) is 132 Å². The third kappa shape index (κ3) is 5.69. The lowest BCUT2D eigenvalue weighted by Crippen LogP contribution is -2.00. The van der Waals surface area contributed by atoms with Crippen LogP contribution in [-0.2, 0) is 0 Å². The molecule has 0 spiro atoms. The fourth-order valence-corrected chi connectivity index (χ4v) is 9.31. The summed E-state index contributed by atoms with van der Waals surface area (Å²) in [5, 5.41) is 6.47. The molecule has 0 saturated heterocycles. The smallest absolute Gasteiger partial charge is 0.164 e. The Morgan fingerprint density at radius 2 is 0.873 bits per heavy atom. The minimum absolute atomic E-state index is 0.571. The van der Waals surface area contributed by atoms with Gasteiger partial charge in [-0.05, 0) is 70.8 Å². The second kappa shape index (κ2) is 14.0. The molecule has 6 heteroatoms. The number of benzene rings is 9. The van der Waals surface area contributed by atoms with Crippen LogP contribution in [0.15, 0.2) is 215 Å². The number of nitrogens with zero attached hydrogens (tertiary/aromatic N) is 4. The molecule has 0 N–H and O–H groups in total. The fourth-order valence-electron chi connectivity index (χ4n) is 9.31. The molecule has 6 nitrogen and oxygen atoms in total. The molecule has 0 bridgehead atoms. The van der Waals surface area contributed by atoms with Gasteiger partial charge in [-0.1, -0.05) is 158 Å². The summed E-state index contributed by atoms with van der Waals surface area (Å²) in [6.07, 6.45) is 0. The van der Waals surface area contributed by atoms with Crippen molar-refractivity contribution in [1.29, 1.82) is 0 Å². The first-order valence-electron chi connectivity index (χ1n) is 21.1. The Hall–Kier alpha value is -8.61. The quantitative estimate of drug-likeness (QED) is 0.167. The summed E-state index contributed by atoms with van der Waals surface area (Å²) in [5.41, 5.74) is 13.3. The zero-order chi connectivity index (χ0) is 41.4. The van der Waals surface area contributed by atoms with Gasteiger partial charge in [-0.25, -0.2) is 15.0 Å². The lowest BCUT2D eigenvalue weighted by atomic mass is 9.98. The molecule has 13 rings (SSSR count). The van der Waals surface area contributed by atoms with Crippen LogP contribution in [0, 0.1) is 0 Å². The van der Waals surface area contributed by atoms with E-state index in [4.69, 9.17) is 23.8 Å². The van der Waals surface area contributed by atoms with Crippen molar-refractivity contribution in [2.75, 3.05) is 0 Å². The van der Waals surface area contributed by atoms with E-state index in [-0.39, 0.29) is 0 Å². The average molecular weight is 807 g/mol. The Morgan fingerprint density at radius 3 is 1.62 bits per heavy atom. The van der Waals surface area contributed by atoms with Gasteiger partial charge in [0.15, 0.2) is 23.1 Å². The lowest BCUT2D eigenvalue weighted by Gasteiger charge is -2.11. The van der Waals surface area contributed by atoms with E-state index in [0.717, 1.165) is 105 Å². The number of fused-ring (bicyclic) bond motifs is 9. The normalized spacial score (nSPS) is 11.8. The van der Waals surface area contributed by atoms with Crippen LogP contribution < -0.4 is 0 Å². The van der Waals surface area contributed by atoms with E-state index in [1.807, 2.05) is 78.9 Å². The van der Waals surface area contributed by atoms with Gasteiger partial charge in [0.1, 0.15) is 16.7 Å². The van der Waals surface area contributed by atoms with Crippen molar-refractivity contribution in [3.63, 3.8) is 0 Å². The molecule has 13 aromatic rings. The largest absolute Gasteiger partial charge is 0.456 e. The minimum atomic E-state index is 0.571. The highest BCUT2D eigenvalue weighted by Crippen LogP contribution is 2.44. The number of furan rings is 2. The molecule has 4 heterocycles. The predicted octanol–water partition coefficient (Wildman–Crippen LogP) is 15.1. The number of aromatic nitrogens is 4. The number of hydrogen-bond acceptors (Lipinski definition) is 5. The van der Waals surface area contributed by atoms with Gasteiger partial charge in [0.2, 0.25) is 0 Å². The molecule has 0 fully saturated rings. The van der Waals surface area contributed by atoms with Crippen LogP contribution in [0.2, 0.25) is 0 Å². The Morgan fingerprint density at radius 1 is 0.317 bits per heavy atom. The minimum Gasteiger partial charge on any atom is -0.456 e. The maximum atomic E-state index is 7.15. The van der Waals surface area contributed by atoms with Crippen molar-refractivity contribution in [3.05, 3.63) is 206 Å². The molecular weight excluding hydrogens is 773 g/mol. The van der Waals surface area contributed by atoms with Crippen LogP contribution in [-0.4, -0.2) is 19.5 Å². The molecule has 0 aliphatic carbocycles. The van der Waals surface area contributed by atoms with E-state index >= 15 is 0 Å². The summed E-state index contributed by atoms with van der Waals surface area (Å²) in [7, 11) is 0. The summed E-state index contributed by atoms with van der Waals surface area (Å²) in [5.74, 6) is 1.78. The standard InChI is InChI=1S/C57H34N4O2/c1-4-15-35(16-5-1)40-31-46(57-59-55(36-17-6-2-7-18-36)58-56(60-57)37-19-8-3-9-20-37)53-45-23-14-25-48(54(45)63-52(53)34-40)61-47-24-12-10-21-41(47)42-29-27-38(32-49(42)61)39-28-30-44-43-22-11-13-26-50(43)62-51(44)33-39/h1-34H. The van der Waals surface area contributed by atoms with E-state index < -0.39 is 0 Å². The van der Waals surface area contributed by atoms with Crippen molar-refractivity contribution >= 4 is 65.7 Å². The van der Waals surface area contributed by atoms with Gasteiger partial charge in [-0.2, -0.15) is 0 Å². The summed E-state index contributed by atoms with van der Waals surface area (Å²) < 4.78 is 15.8. The van der Waals surface area contributed by atoms with Crippen molar-refractivity contribution in [2.24, 2.45) is 0 Å². The van der Waals surface area contributed by atoms with Gasteiger partial charge < -0.3 is 13.4 Å². The molecule has 63 heavy (non-hydrogen) atoms. The van der Waals surface area contributed by atoms with Gasteiger partial charge in [-0.3, -0.25) is 0 Å². The molecule has 0 radical (unpaired) electrons. The van der Waals surface area contributed by atoms with Crippen LogP contribution in [0.25, 0.3) is 128 Å². The molecule has 4 aromatic heterocycles. The summed E-state index contributed by atoms with van der Waals surface area (Å²) in [4.78, 5) is 15.5.